The third-order valence-corrected chi connectivity index (χ3v) is 1.68. The molecule has 1 rings (SSSR count). The number of hydrazine groups is 1. The van der Waals surface area contributed by atoms with E-state index in [2.05, 4.69) is 0 Å². The van der Waals surface area contributed by atoms with Gasteiger partial charge in [0, 0.05) is 0 Å². The van der Waals surface area contributed by atoms with Gasteiger partial charge in [-0.25, -0.2) is 9.82 Å². The third kappa shape index (κ3) is 2.43. The van der Waals surface area contributed by atoms with Crippen molar-refractivity contribution < 1.29 is 17.6 Å². The van der Waals surface area contributed by atoms with Crippen molar-refractivity contribution in [3.05, 3.63) is 35.6 Å². The zero-order valence-corrected chi connectivity index (χ0v) is 6.98. The van der Waals surface area contributed by atoms with Gasteiger partial charge in [0.2, 0.25) is 0 Å². The Kier molecular flexibility index (Phi) is 3.07. The summed E-state index contributed by atoms with van der Waals surface area (Å²) in [6.07, 6.45) is -4.54. The number of alkyl halides is 3. The minimum absolute atomic E-state index is 0.250. The van der Waals surface area contributed by atoms with E-state index in [-0.39, 0.29) is 5.56 Å². The summed E-state index contributed by atoms with van der Waals surface area (Å²) in [6.45, 7) is 0. The predicted molar refractivity (Wildman–Crippen MR) is 42.5 cm³/mol. The van der Waals surface area contributed by atoms with Crippen molar-refractivity contribution in [2.75, 3.05) is 0 Å². The highest BCUT2D eigenvalue weighted by atomic mass is 19.4. The van der Waals surface area contributed by atoms with Gasteiger partial charge in [-0.3, -0.25) is 5.84 Å². The average Bonchev–Trinajstić information content (AvgIpc) is 2.02. The Hall–Kier alpha value is -1.14. The molecule has 1 aromatic carbocycles. The maximum Gasteiger partial charge on any atom is 0.409 e. The molecule has 0 saturated heterocycles. The number of nitrogens with one attached hydrogen (secondary N) is 1. The Morgan fingerprint density at radius 3 is 2.36 bits per heavy atom. The molecule has 0 spiro atoms. The maximum atomic E-state index is 12.6. The molecule has 0 aliphatic rings. The van der Waals surface area contributed by atoms with Crippen LogP contribution in [0.1, 0.15) is 11.6 Å². The summed E-state index contributed by atoms with van der Waals surface area (Å²) in [5, 5.41) is 0. The molecular formula is C8H8F4N2. The van der Waals surface area contributed by atoms with Crippen LogP contribution in [0.3, 0.4) is 0 Å². The van der Waals surface area contributed by atoms with E-state index in [0.29, 0.717) is 0 Å². The second kappa shape index (κ2) is 3.93. The number of nitrogens with two attached hydrogens (primary N) is 1. The Labute approximate surface area is 77.7 Å². The fraction of sp³-hybridized carbons (Fsp3) is 0.250. The molecule has 0 heterocycles. The molecule has 0 saturated carbocycles. The van der Waals surface area contributed by atoms with Crippen LogP contribution in [0, 0.1) is 5.82 Å². The van der Waals surface area contributed by atoms with Crippen molar-refractivity contribution >= 4 is 0 Å². The summed E-state index contributed by atoms with van der Waals surface area (Å²) in [5.74, 6) is 4.02. The Balaban J connectivity index is 3.01. The molecule has 6 heteroatoms. The largest absolute Gasteiger partial charge is 0.409 e. The SMILES string of the molecule is NNC(c1cccc(F)c1)C(F)(F)F. The zero-order chi connectivity index (χ0) is 10.8. The lowest BCUT2D eigenvalue weighted by atomic mass is 10.1. The van der Waals surface area contributed by atoms with Crippen LogP contribution in [0.15, 0.2) is 24.3 Å². The van der Waals surface area contributed by atoms with Crippen LogP contribution in [-0.2, 0) is 0 Å². The number of hydrogen-bond acceptors (Lipinski definition) is 2. The second-order valence-corrected chi connectivity index (χ2v) is 2.70. The van der Waals surface area contributed by atoms with E-state index in [0.717, 1.165) is 18.2 Å². The summed E-state index contributed by atoms with van der Waals surface area (Å²) in [6, 6.07) is 2.16. The van der Waals surface area contributed by atoms with Crippen LogP contribution in [0.4, 0.5) is 17.6 Å². The van der Waals surface area contributed by atoms with E-state index in [1.807, 2.05) is 0 Å². The monoisotopic (exact) mass is 208 g/mol. The Morgan fingerprint density at radius 1 is 1.29 bits per heavy atom. The molecular weight excluding hydrogens is 200 g/mol. The first-order chi connectivity index (χ1) is 6.45. The van der Waals surface area contributed by atoms with E-state index in [1.54, 1.807) is 5.43 Å². The molecule has 14 heavy (non-hydrogen) atoms. The van der Waals surface area contributed by atoms with Crippen molar-refractivity contribution in [3.63, 3.8) is 0 Å². The smallest absolute Gasteiger partial charge is 0.271 e. The zero-order valence-electron chi connectivity index (χ0n) is 6.98. The molecule has 78 valence electrons. The van der Waals surface area contributed by atoms with Crippen molar-refractivity contribution in [2.45, 2.75) is 12.2 Å². The average molecular weight is 208 g/mol. The van der Waals surface area contributed by atoms with Gasteiger partial charge in [-0.2, -0.15) is 13.2 Å². The summed E-state index contributed by atoms with van der Waals surface area (Å²) in [5.41, 5.74) is 1.34. The van der Waals surface area contributed by atoms with Gasteiger partial charge in [0.15, 0.2) is 0 Å². The molecule has 0 aliphatic heterocycles. The van der Waals surface area contributed by atoms with Gasteiger partial charge in [-0.1, -0.05) is 12.1 Å². The molecule has 2 nitrogen and oxygen atoms in total. The lowest BCUT2D eigenvalue weighted by Crippen LogP contribution is -2.38. The third-order valence-electron chi connectivity index (χ3n) is 1.68. The maximum absolute atomic E-state index is 12.6. The topological polar surface area (TPSA) is 38.0 Å². The van der Waals surface area contributed by atoms with Crippen LogP contribution < -0.4 is 11.3 Å². The second-order valence-electron chi connectivity index (χ2n) is 2.70. The van der Waals surface area contributed by atoms with Gasteiger partial charge >= 0.3 is 6.18 Å². The van der Waals surface area contributed by atoms with Crippen LogP contribution in [0.5, 0.6) is 0 Å². The fourth-order valence-corrected chi connectivity index (χ4v) is 1.07. The van der Waals surface area contributed by atoms with Crippen molar-refractivity contribution in [1.29, 1.82) is 0 Å². The van der Waals surface area contributed by atoms with E-state index in [4.69, 9.17) is 5.84 Å². The normalized spacial score (nSPS) is 14.1. The Bertz CT molecular complexity index is 310. The first kappa shape index (κ1) is 10.9. The highest BCUT2D eigenvalue weighted by Crippen LogP contribution is 2.31. The van der Waals surface area contributed by atoms with E-state index >= 15 is 0 Å². The molecule has 1 unspecified atom stereocenters. The highest BCUT2D eigenvalue weighted by Gasteiger charge is 2.40. The summed E-state index contributed by atoms with van der Waals surface area (Å²) < 4.78 is 49.4. The first-order valence-electron chi connectivity index (χ1n) is 3.73. The molecule has 0 fully saturated rings. The van der Waals surface area contributed by atoms with Crippen LogP contribution in [0.2, 0.25) is 0 Å². The van der Waals surface area contributed by atoms with Crippen molar-refractivity contribution in [2.24, 2.45) is 5.84 Å². The van der Waals surface area contributed by atoms with Crippen LogP contribution >= 0.6 is 0 Å². The van der Waals surface area contributed by atoms with E-state index < -0.39 is 18.0 Å². The predicted octanol–water partition coefficient (Wildman–Crippen LogP) is 1.89. The molecule has 1 atom stereocenters. The molecule has 0 radical (unpaired) electrons. The lowest BCUT2D eigenvalue weighted by Gasteiger charge is -2.19. The van der Waals surface area contributed by atoms with Crippen LogP contribution in [-0.4, -0.2) is 6.18 Å². The van der Waals surface area contributed by atoms with E-state index in [9.17, 15) is 17.6 Å². The lowest BCUT2D eigenvalue weighted by molar-refractivity contribution is -0.157. The highest BCUT2D eigenvalue weighted by molar-refractivity contribution is 5.21. The molecule has 1 aromatic rings. The standard InChI is InChI=1S/C8H8F4N2/c9-6-3-1-2-5(4-6)7(14-13)8(10,11)12/h1-4,7,14H,13H2. The summed E-state index contributed by atoms with van der Waals surface area (Å²) in [7, 11) is 0. The quantitative estimate of drug-likeness (QED) is 0.442. The number of halogens is 4. The molecule has 0 bridgehead atoms. The van der Waals surface area contributed by atoms with Gasteiger partial charge in [-0.05, 0) is 17.7 Å². The minimum Gasteiger partial charge on any atom is -0.271 e. The van der Waals surface area contributed by atoms with Crippen molar-refractivity contribution in [1.82, 2.24) is 5.43 Å². The summed E-state index contributed by atoms with van der Waals surface area (Å²) in [4.78, 5) is 0. The number of benzene rings is 1. The van der Waals surface area contributed by atoms with E-state index in [1.165, 1.54) is 6.07 Å². The molecule has 3 N–H and O–H groups in total. The number of hydrogen-bond donors (Lipinski definition) is 2. The molecule has 0 amide bonds. The van der Waals surface area contributed by atoms with Gasteiger partial charge in [0.05, 0.1) is 0 Å². The van der Waals surface area contributed by atoms with Gasteiger partial charge in [0.1, 0.15) is 11.9 Å². The Morgan fingerprint density at radius 2 is 1.93 bits per heavy atom. The van der Waals surface area contributed by atoms with Gasteiger partial charge < -0.3 is 0 Å². The molecule has 0 aromatic heterocycles. The van der Waals surface area contributed by atoms with Crippen LogP contribution in [0.25, 0.3) is 0 Å². The summed E-state index contributed by atoms with van der Waals surface area (Å²) >= 11 is 0. The first-order valence-corrected chi connectivity index (χ1v) is 3.73. The van der Waals surface area contributed by atoms with Gasteiger partial charge in [0.25, 0.3) is 0 Å². The molecule has 0 aliphatic carbocycles. The minimum atomic E-state index is -4.54. The van der Waals surface area contributed by atoms with Crippen molar-refractivity contribution in [3.8, 4) is 0 Å². The fourth-order valence-electron chi connectivity index (χ4n) is 1.07. The number of rotatable bonds is 2. The van der Waals surface area contributed by atoms with Gasteiger partial charge in [-0.15, -0.1) is 0 Å².